The third-order valence-electron chi connectivity index (χ3n) is 7.77. The van der Waals surface area contributed by atoms with Crippen LogP contribution >= 0.6 is 11.6 Å². The van der Waals surface area contributed by atoms with Crippen LogP contribution in [-0.2, 0) is 16.6 Å². The van der Waals surface area contributed by atoms with Crippen molar-refractivity contribution in [2.75, 3.05) is 39.8 Å². The lowest BCUT2D eigenvalue weighted by molar-refractivity contribution is 0.105. The van der Waals surface area contributed by atoms with E-state index in [0.717, 1.165) is 57.0 Å². The molecule has 0 N–H and O–H groups in total. The predicted molar refractivity (Wildman–Crippen MR) is 157 cm³/mol. The molecule has 0 bridgehead atoms. The summed E-state index contributed by atoms with van der Waals surface area (Å²) < 4.78 is 27.9. The van der Waals surface area contributed by atoms with Gasteiger partial charge in [0.25, 0.3) is 0 Å². The van der Waals surface area contributed by atoms with Gasteiger partial charge >= 0.3 is 0 Å². The Balaban J connectivity index is 1.34. The summed E-state index contributed by atoms with van der Waals surface area (Å²) in [6.07, 6.45) is 3.23. The first kappa shape index (κ1) is 28.8. The number of nitrogens with zero attached hydrogens (tertiary/aromatic N) is 3. The normalized spacial score (nSPS) is 16.2. The Morgan fingerprint density at radius 3 is 2.13 bits per heavy atom. The van der Waals surface area contributed by atoms with E-state index in [-0.39, 0.29) is 5.92 Å². The van der Waals surface area contributed by atoms with Crippen LogP contribution in [-0.4, -0.2) is 68.3 Å². The maximum atomic E-state index is 13.2. The van der Waals surface area contributed by atoms with E-state index < -0.39 is 10.0 Å². The van der Waals surface area contributed by atoms with Gasteiger partial charge in [-0.15, -0.1) is 0 Å². The molecule has 3 aromatic rings. The van der Waals surface area contributed by atoms with Crippen molar-refractivity contribution in [1.29, 1.82) is 0 Å². The van der Waals surface area contributed by atoms with Crippen LogP contribution in [0.15, 0.2) is 89.8 Å². The molecule has 1 aliphatic heterocycles. The smallest absolute Gasteiger partial charge is 0.242 e. The van der Waals surface area contributed by atoms with Crippen LogP contribution in [0.3, 0.4) is 0 Å². The molecule has 3 aromatic carbocycles. The lowest BCUT2D eigenvalue weighted by Crippen LogP contribution is -2.45. The van der Waals surface area contributed by atoms with Crippen molar-refractivity contribution in [1.82, 2.24) is 14.1 Å². The van der Waals surface area contributed by atoms with Gasteiger partial charge in [-0.25, -0.2) is 12.7 Å². The van der Waals surface area contributed by atoms with Crippen molar-refractivity contribution in [2.45, 2.75) is 49.6 Å². The Morgan fingerprint density at radius 1 is 0.921 bits per heavy atom. The quantitative estimate of drug-likeness (QED) is 0.271. The van der Waals surface area contributed by atoms with Gasteiger partial charge in [0.1, 0.15) is 0 Å². The third kappa shape index (κ3) is 7.67. The molecule has 7 heteroatoms. The number of likely N-dealkylation sites (N-methyl/N-ethyl adjacent to an activating group) is 1. The summed E-state index contributed by atoms with van der Waals surface area (Å²) in [6, 6.07) is 27.8. The van der Waals surface area contributed by atoms with Crippen molar-refractivity contribution in [3.8, 4) is 0 Å². The van der Waals surface area contributed by atoms with Gasteiger partial charge in [0, 0.05) is 31.2 Å². The molecule has 38 heavy (non-hydrogen) atoms. The number of rotatable bonds is 12. The molecule has 204 valence electrons. The Labute approximate surface area is 234 Å². The van der Waals surface area contributed by atoms with E-state index in [0.29, 0.717) is 17.5 Å². The largest absolute Gasteiger partial charge is 0.303 e. The summed E-state index contributed by atoms with van der Waals surface area (Å²) in [7, 11) is -1.83. The molecule has 1 aliphatic rings. The Bertz CT molecular complexity index is 1210. The number of sulfonamides is 1. The summed E-state index contributed by atoms with van der Waals surface area (Å²) in [4.78, 5) is 5.47. The van der Waals surface area contributed by atoms with Gasteiger partial charge in [-0.1, -0.05) is 79.2 Å². The monoisotopic (exact) mass is 553 g/mol. The van der Waals surface area contributed by atoms with Crippen LogP contribution in [0.1, 0.15) is 43.2 Å². The molecule has 1 atom stereocenters. The first-order valence-electron chi connectivity index (χ1n) is 13.6. The molecule has 0 saturated carbocycles. The number of halogens is 1. The van der Waals surface area contributed by atoms with Crippen molar-refractivity contribution < 1.29 is 8.42 Å². The van der Waals surface area contributed by atoms with Gasteiger partial charge in [0.2, 0.25) is 10.0 Å². The maximum Gasteiger partial charge on any atom is 0.242 e. The number of likely N-dealkylation sites (tertiary alicyclic amines) is 1. The minimum atomic E-state index is -3.53. The summed E-state index contributed by atoms with van der Waals surface area (Å²) in [6.45, 7) is 7.80. The fourth-order valence-electron chi connectivity index (χ4n) is 5.44. The summed E-state index contributed by atoms with van der Waals surface area (Å²) in [5, 5.41) is 0.780. The highest BCUT2D eigenvalue weighted by molar-refractivity contribution is 7.89. The van der Waals surface area contributed by atoms with E-state index in [2.05, 4.69) is 41.0 Å². The molecule has 1 unspecified atom stereocenters. The van der Waals surface area contributed by atoms with Crippen LogP contribution in [0.25, 0.3) is 0 Å². The molecule has 1 fully saturated rings. The summed E-state index contributed by atoms with van der Waals surface area (Å²) >= 11 is 6.06. The van der Waals surface area contributed by atoms with Crippen LogP contribution in [0.2, 0.25) is 5.02 Å². The number of benzene rings is 3. The number of hydrogen-bond donors (Lipinski definition) is 0. The fraction of sp³-hybridized carbons (Fsp3) is 0.419. The SMILES string of the molecule is CCN(Cc1ccc(Cl)cc1)C1CCN(CCC(CN(C)S(=O)(=O)c2ccccc2)c2ccccc2)CC1. The van der Waals surface area contributed by atoms with Crippen LogP contribution in [0.5, 0.6) is 0 Å². The number of piperidine rings is 1. The van der Waals surface area contributed by atoms with Crippen molar-refractivity contribution in [2.24, 2.45) is 0 Å². The highest BCUT2D eigenvalue weighted by Crippen LogP contribution is 2.26. The zero-order valence-electron chi connectivity index (χ0n) is 22.5. The Hall–Kier alpha value is -2.22. The fourth-order valence-corrected chi connectivity index (χ4v) is 6.80. The second-order valence-electron chi connectivity index (χ2n) is 10.3. The average molecular weight is 554 g/mol. The maximum absolute atomic E-state index is 13.2. The van der Waals surface area contributed by atoms with Gasteiger partial charge in [0.05, 0.1) is 4.90 Å². The summed E-state index contributed by atoms with van der Waals surface area (Å²) in [5.74, 6) is 0.134. The average Bonchev–Trinajstić information content (AvgIpc) is 2.96. The molecule has 0 radical (unpaired) electrons. The van der Waals surface area contributed by atoms with E-state index >= 15 is 0 Å². The molecule has 0 amide bonds. The highest BCUT2D eigenvalue weighted by atomic mass is 35.5. The number of hydrogen-bond acceptors (Lipinski definition) is 4. The van der Waals surface area contributed by atoms with Crippen LogP contribution in [0.4, 0.5) is 0 Å². The van der Waals surface area contributed by atoms with E-state index in [1.807, 2.05) is 36.4 Å². The van der Waals surface area contributed by atoms with Crippen molar-refractivity contribution in [3.63, 3.8) is 0 Å². The van der Waals surface area contributed by atoms with E-state index in [1.165, 1.54) is 15.4 Å². The molecule has 0 spiro atoms. The molecule has 1 heterocycles. The highest BCUT2D eigenvalue weighted by Gasteiger charge is 2.27. The van der Waals surface area contributed by atoms with E-state index in [4.69, 9.17) is 11.6 Å². The topological polar surface area (TPSA) is 43.9 Å². The molecule has 0 aromatic heterocycles. The van der Waals surface area contributed by atoms with Crippen LogP contribution in [0, 0.1) is 0 Å². The zero-order chi connectivity index (χ0) is 27.0. The standard InChI is InChI=1S/C31H40ClN3O2S/c1-3-35(24-26-14-16-29(32)17-15-26)30-19-22-34(23-20-30)21-18-28(27-10-6-4-7-11-27)25-33(2)38(36,37)31-12-8-5-9-13-31/h4-17,28,30H,3,18-25H2,1-2H3. The van der Waals surface area contributed by atoms with Gasteiger partial charge in [-0.2, -0.15) is 0 Å². The van der Waals surface area contributed by atoms with Crippen LogP contribution < -0.4 is 0 Å². The van der Waals surface area contributed by atoms with Crippen molar-refractivity contribution >= 4 is 21.6 Å². The first-order chi connectivity index (χ1) is 18.4. The third-order valence-corrected chi connectivity index (χ3v) is 9.86. The van der Waals surface area contributed by atoms with Crippen molar-refractivity contribution in [3.05, 3.63) is 101 Å². The second-order valence-corrected chi connectivity index (χ2v) is 12.7. The first-order valence-corrected chi connectivity index (χ1v) is 15.5. The minimum Gasteiger partial charge on any atom is -0.303 e. The van der Waals surface area contributed by atoms with Gasteiger partial charge in [-0.05, 0) is 86.8 Å². The van der Waals surface area contributed by atoms with Gasteiger partial charge < -0.3 is 4.90 Å². The lowest BCUT2D eigenvalue weighted by atomic mass is 9.94. The molecular formula is C31H40ClN3O2S. The molecular weight excluding hydrogens is 514 g/mol. The minimum absolute atomic E-state index is 0.134. The molecule has 1 saturated heterocycles. The summed E-state index contributed by atoms with van der Waals surface area (Å²) in [5.41, 5.74) is 2.50. The predicted octanol–water partition coefficient (Wildman–Crippen LogP) is 6.12. The van der Waals surface area contributed by atoms with Gasteiger partial charge in [-0.3, -0.25) is 4.90 Å². The second kappa shape index (κ2) is 13.7. The Kier molecular flexibility index (Phi) is 10.4. The zero-order valence-corrected chi connectivity index (χ0v) is 24.1. The lowest BCUT2D eigenvalue weighted by Gasteiger charge is -2.38. The van der Waals surface area contributed by atoms with E-state index in [9.17, 15) is 8.42 Å². The van der Waals surface area contributed by atoms with E-state index in [1.54, 1.807) is 31.3 Å². The molecule has 0 aliphatic carbocycles. The molecule has 4 rings (SSSR count). The van der Waals surface area contributed by atoms with Gasteiger partial charge in [0.15, 0.2) is 0 Å². The molecule has 5 nitrogen and oxygen atoms in total. The Morgan fingerprint density at radius 2 is 1.53 bits per heavy atom.